The molecule has 0 unspecified atom stereocenters. The Hall–Kier alpha value is -1.16. The highest BCUT2D eigenvalue weighted by molar-refractivity contribution is 5.95. The number of nitrogens with one attached hydrogen (secondary N) is 1. The zero-order chi connectivity index (χ0) is 9.97. The van der Waals surface area contributed by atoms with Gasteiger partial charge in [-0.2, -0.15) is 5.10 Å². The van der Waals surface area contributed by atoms with Gasteiger partial charge in [0.15, 0.2) is 5.78 Å². The number of hydrogen-bond acceptors (Lipinski definition) is 3. The van der Waals surface area contributed by atoms with Crippen molar-refractivity contribution >= 4 is 5.78 Å². The lowest BCUT2D eigenvalue weighted by Crippen LogP contribution is -2.24. The molecule has 1 saturated heterocycles. The van der Waals surface area contributed by atoms with Crippen LogP contribution in [0, 0.1) is 0 Å². The molecule has 1 aromatic rings. The molecule has 14 heavy (non-hydrogen) atoms. The van der Waals surface area contributed by atoms with Gasteiger partial charge < -0.3 is 5.32 Å². The Morgan fingerprint density at radius 2 is 2.64 bits per heavy atom. The number of ketones is 1. The van der Waals surface area contributed by atoms with E-state index in [0.717, 1.165) is 18.5 Å². The third kappa shape index (κ3) is 2.01. The second-order valence-corrected chi connectivity index (χ2v) is 3.82. The van der Waals surface area contributed by atoms with Crippen molar-refractivity contribution in [1.82, 2.24) is 15.1 Å². The Kier molecular flexibility index (Phi) is 2.63. The van der Waals surface area contributed by atoms with E-state index in [1.54, 1.807) is 17.1 Å². The van der Waals surface area contributed by atoms with E-state index in [0.29, 0.717) is 12.5 Å². The highest BCUT2D eigenvalue weighted by Gasteiger charge is 2.19. The number of aromatic nitrogens is 2. The summed E-state index contributed by atoms with van der Waals surface area (Å²) in [5.41, 5.74) is 0.723. The molecule has 0 aliphatic carbocycles. The Morgan fingerprint density at radius 1 is 1.79 bits per heavy atom. The summed E-state index contributed by atoms with van der Waals surface area (Å²) in [5, 5.41) is 7.30. The minimum atomic E-state index is 0.192. The molecule has 0 bridgehead atoms. The fourth-order valence-corrected chi connectivity index (χ4v) is 1.84. The van der Waals surface area contributed by atoms with Crippen LogP contribution in [0.4, 0.5) is 0 Å². The van der Waals surface area contributed by atoms with Crippen LogP contribution in [-0.2, 0) is 7.05 Å². The summed E-state index contributed by atoms with van der Waals surface area (Å²) in [6, 6.07) is 0.378. The molecule has 0 saturated carbocycles. The van der Waals surface area contributed by atoms with Crippen LogP contribution in [0.1, 0.15) is 29.6 Å². The van der Waals surface area contributed by atoms with Crippen LogP contribution in [0.3, 0.4) is 0 Å². The largest absolute Gasteiger partial charge is 0.314 e. The molecule has 1 fully saturated rings. The van der Waals surface area contributed by atoms with E-state index in [9.17, 15) is 4.79 Å². The van der Waals surface area contributed by atoms with Crippen molar-refractivity contribution in [3.63, 3.8) is 0 Å². The van der Waals surface area contributed by atoms with Crippen molar-refractivity contribution in [1.29, 1.82) is 0 Å². The minimum absolute atomic E-state index is 0.192. The van der Waals surface area contributed by atoms with Gasteiger partial charge >= 0.3 is 0 Å². The first-order valence-corrected chi connectivity index (χ1v) is 5.01. The lowest BCUT2D eigenvalue weighted by molar-refractivity contribution is 0.0971. The van der Waals surface area contributed by atoms with E-state index in [-0.39, 0.29) is 5.78 Å². The molecule has 1 aliphatic heterocycles. The first-order chi connectivity index (χ1) is 6.75. The normalized spacial score (nSPS) is 21.4. The highest BCUT2D eigenvalue weighted by atomic mass is 16.1. The molecule has 4 nitrogen and oxygen atoms in total. The zero-order valence-electron chi connectivity index (χ0n) is 8.36. The molecular weight excluding hydrogens is 178 g/mol. The molecule has 0 amide bonds. The van der Waals surface area contributed by atoms with Crippen molar-refractivity contribution in [2.24, 2.45) is 7.05 Å². The molecule has 1 atom stereocenters. The molecule has 2 heterocycles. The Labute approximate surface area is 83.3 Å². The number of Topliss-reactive ketones (excluding diaryl/α,β-unsaturated/α-hetero) is 1. The molecule has 0 radical (unpaired) electrons. The predicted octanol–water partition coefficient (Wildman–Crippen LogP) is 0.745. The van der Waals surface area contributed by atoms with Crippen LogP contribution in [0.2, 0.25) is 0 Å². The molecule has 0 aromatic carbocycles. The number of hydrogen-bond donors (Lipinski definition) is 1. The van der Waals surface area contributed by atoms with Crippen molar-refractivity contribution in [3.05, 3.63) is 18.0 Å². The van der Waals surface area contributed by atoms with Gasteiger partial charge in [0.05, 0.1) is 11.8 Å². The van der Waals surface area contributed by atoms with Crippen LogP contribution in [0.5, 0.6) is 0 Å². The maximum Gasteiger partial charge on any atom is 0.167 e. The summed E-state index contributed by atoms with van der Waals surface area (Å²) in [4.78, 5) is 11.7. The monoisotopic (exact) mass is 193 g/mol. The summed E-state index contributed by atoms with van der Waals surface area (Å²) in [6.45, 7) is 1.05. The van der Waals surface area contributed by atoms with Gasteiger partial charge in [0, 0.05) is 25.7 Å². The van der Waals surface area contributed by atoms with Crippen LogP contribution in [0.15, 0.2) is 12.4 Å². The molecule has 4 heteroatoms. The third-order valence-electron chi connectivity index (χ3n) is 2.62. The van der Waals surface area contributed by atoms with E-state index < -0.39 is 0 Å². The van der Waals surface area contributed by atoms with Crippen molar-refractivity contribution < 1.29 is 4.79 Å². The van der Waals surface area contributed by atoms with Gasteiger partial charge in [0.1, 0.15) is 0 Å². The lowest BCUT2D eigenvalue weighted by Gasteiger charge is -2.06. The summed E-state index contributed by atoms with van der Waals surface area (Å²) >= 11 is 0. The molecular formula is C10H15N3O. The summed E-state index contributed by atoms with van der Waals surface area (Å²) in [7, 11) is 1.82. The van der Waals surface area contributed by atoms with Gasteiger partial charge in [-0.3, -0.25) is 9.48 Å². The number of carbonyl (C=O) groups is 1. The molecule has 1 N–H and O–H groups in total. The van der Waals surface area contributed by atoms with Gasteiger partial charge in [0.25, 0.3) is 0 Å². The summed E-state index contributed by atoms with van der Waals surface area (Å²) in [6.07, 6.45) is 6.32. The maximum atomic E-state index is 11.7. The van der Waals surface area contributed by atoms with Crippen molar-refractivity contribution in [2.75, 3.05) is 6.54 Å². The highest BCUT2D eigenvalue weighted by Crippen LogP contribution is 2.12. The first kappa shape index (κ1) is 9.40. The zero-order valence-corrected chi connectivity index (χ0v) is 8.36. The number of aryl methyl sites for hydroxylation is 1. The van der Waals surface area contributed by atoms with Crippen LogP contribution >= 0.6 is 0 Å². The van der Waals surface area contributed by atoms with Crippen molar-refractivity contribution in [2.45, 2.75) is 25.3 Å². The SMILES string of the molecule is Cn1cc(C(=O)C[C@@H]2CCCN2)cn1. The summed E-state index contributed by atoms with van der Waals surface area (Å²) in [5.74, 6) is 0.192. The molecule has 76 valence electrons. The average Bonchev–Trinajstić information content (AvgIpc) is 2.75. The summed E-state index contributed by atoms with van der Waals surface area (Å²) < 4.78 is 1.66. The fourth-order valence-electron chi connectivity index (χ4n) is 1.84. The van der Waals surface area contributed by atoms with Crippen LogP contribution in [0.25, 0.3) is 0 Å². The number of rotatable bonds is 3. The maximum absolute atomic E-state index is 11.7. The topological polar surface area (TPSA) is 46.9 Å². The Bertz CT molecular complexity index is 326. The smallest absolute Gasteiger partial charge is 0.167 e. The van der Waals surface area contributed by atoms with Gasteiger partial charge in [-0.1, -0.05) is 0 Å². The standard InChI is InChI=1S/C10H15N3O/c1-13-7-8(6-12-13)10(14)5-9-3-2-4-11-9/h6-7,9,11H,2-5H2,1H3/t9-/m0/s1. The Balaban J connectivity index is 1.95. The molecule has 1 aromatic heterocycles. The lowest BCUT2D eigenvalue weighted by atomic mass is 10.1. The van der Waals surface area contributed by atoms with Gasteiger partial charge in [-0.25, -0.2) is 0 Å². The van der Waals surface area contributed by atoms with Crippen LogP contribution < -0.4 is 5.32 Å². The van der Waals surface area contributed by atoms with Gasteiger partial charge in [0.2, 0.25) is 0 Å². The Morgan fingerprint density at radius 3 is 3.21 bits per heavy atom. The minimum Gasteiger partial charge on any atom is -0.314 e. The molecule has 0 spiro atoms. The van der Waals surface area contributed by atoms with E-state index in [4.69, 9.17) is 0 Å². The van der Waals surface area contributed by atoms with E-state index in [1.807, 2.05) is 7.05 Å². The first-order valence-electron chi connectivity index (χ1n) is 5.01. The second-order valence-electron chi connectivity index (χ2n) is 3.82. The number of carbonyl (C=O) groups excluding carboxylic acids is 1. The quantitative estimate of drug-likeness (QED) is 0.720. The molecule has 2 rings (SSSR count). The fraction of sp³-hybridized carbons (Fsp3) is 0.600. The van der Waals surface area contributed by atoms with E-state index >= 15 is 0 Å². The average molecular weight is 193 g/mol. The number of nitrogens with zero attached hydrogens (tertiary/aromatic N) is 2. The van der Waals surface area contributed by atoms with Crippen LogP contribution in [-0.4, -0.2) is 28.2 Å². The van der Waals surface area contributed by atoms with E-state index in [1.165, 1.54) is 6.42 Å². The van der Waals surface area contributed by atoms with Crippen molar-refractivity contribution in [3.8, 4) is 0 Å². The predicted molar refractivity (Wildman–Crippen MR) is 53.2 cm³/mol. The second kappa shape index (κ2) is 3.92. The third-order valence-corrected chi connectivity index (χ3v) is 2.62. The van der Waals surface area contributed by atoms with Gasteiger partial charge in [-0.15, -0.1) is 0 Å². The van der Waals surface area contributed by atoms with Gasteiger partial charge in [-0.05, 0) is 19.4 Å². The van der Waals surface area contributed by atoms with E-state index in [2.05, 4.69) is 10.4 Å². The molecule has 1 aliphatic rings.